The van der Waals surface area contributed by atoms with Gasteiger partial charge in [0.05, 0.1) is 0 Å². The van der Waals surface area contributed by atoms with Crippen molar-refractivity contribution < 1.29 is 19.1 Å². The summed E-state index contributed by atoms with van der Waals surface area (Å²) in [6, 6.07) is 6.36. The first-order valence-electron chi connectivity index (χ1n) is 7.49. The molecule has 3 N–H and O–H groups in total. The Labute approximate surface area is 146 Å². The summed E-state index contributed by atoms with van der Waals surface area (Å²) in [5.74, 6) is -0.825. The molecular formula is C16H22ClN3O4. The fraction of sp³-hybridized carbons (Fsp3) is 0.438. The van der Waals surface area contributed by atoms with E-state index < -0.39 is 17.6 Å². The van der Waals surface area contributed by atoms with Crippen LogP contribution in [0, 0.1) is 0 Å². The molecule has 1 aromatic carbocycles. The minimum atomic E-state index is -0.563. The van der Waals surface area contributed by atoms with Gasteiger partial charge in [-0.25, -0.2) is 4.79 Å². The zero-order chi connectivity index (χ0) is 18.2. The summed E-state index contributed by atoms with van der Waals surface area (Å²) >= 11 is 5.79. The van der Waals surface area contributed by atoms with Gasteiger partial charge in [0, 0.05) is 23.6 Å². The molecule has 0 spiro atoms. The molecule has 0 radical (unpaired) electrons. The minimum Gasteiger partial charge on any atom is -0.444 e. The third-order valence-corrected chi connectivity index (χ3v) is 2.89. The first kappa shape index (κ1) is 19.8. The molecule has 0 aliphatic carbocycles. The monoisotopic (exact) mass is 355 g/mol. The van der Waals surface area contributed by atoms with Gasteiger partial charge in [0.25, 0.3) is 5.91 Å². The Hall–Kier alpha value is -2.28. The number of rotatable bonds is 5. The number of amides is 3. The summed E-state index contributed by atoms with van der Waals surface area (Å²) in [5.41, 5.74) is 4.38. The first-order chi connectivity index (χ1) is 11.2. The summed E-state index contributed by atoms with van der Waals surface area (Å²) in [6.45, 7) is 5.60. The number of hydrazine groups is 1. The van der Waals surface area contributed by atoms with Crippen LogP contribution in [0.4, 0.5) is 4.79 Å². The molecule has 0 unspecified atom stereocenters. The number of hydrogen-bond acceptors (Lipinski definition) is 4. The van der Waals surface area contributed by atoms with Crippen molar-refractivity contribution >= 4 is 29.5 Å². The number of carbonyl (C=O) groups is 3. The van der Waals surface area contributed by atoms with E-state index in [0.29, 0.717) is 23.6 Å². The summed E-state index contributed by atoms with van der Waals surface area (Å²) in [4.78, 5) is 34.8. The number of benzene rings is 1. The van der Waals surface area contributed by atoms with Gasteiger partial charge in [0.15, 0.2) is 0 Å². The standard InChI is InChI=1S/C16H22ClN3O4/c1-16(2,3)24-15(23)18-9-5-8-13(21)19-20-14(22)11-6-4-7-12(17)10-11/h4,6-7,10H,5,8-9H2,1-3H3,(H,18,23)(H,19,21)(H,20,22). The topological polar surface area (TPSA) is 96.5 Å². The number of nitrogens with one attached hydrogen (secondary N) is 3. The van der Waals surface area contributed by atoms with Crippen LogP contribution in [0.5, 0.6) is 0 Å². The predicted octanol–water partition coefficient (Wildman–Crippen LogP) is 2.41. The highest BCUT2D eigenvalue weighted by Gasteiger charge is 2.15. The van der Waals surface area contributed by atoms with Crippen molar-refractivity contribution in [1.82, 2.24) is 16.2 Å². The van der Waals surface area contributed by atoms with Crippen LogP contribution in [0.2, 0.25) is 5.02 Å². The molecule has 0 saturated heterocycles. The Kier molecular flexibility index (Phi) is 7.51. The van der Waals surface area contributed by atoms with E-state index in [4.69, 9.17) is 16.3 Å². The average molecular weight is 356 g/mol. The molecule has 0 bridgehead atoms. The predicted molar refractivity (Wildman–Crippen MR) is 90.5 cm³/mol. The molecule has 132 valence electrons. The smallest absolute Gasteiger partial charge is 0.407 e. The normalized spacial score (nSPS) is 10.7. The van der Waals surface area contributed by atoms with Gasteiger partial charge in [-0.15, -0.1) is 0 Å². The molecule has 0 aliphatic heterocycles. The Morgan fingerprint density at radius 2 is 1.88 bits per heavy atom. The molecule has 8 heteroatoms. The van der Waals surface area contributed by atoms with Gasteiger partial charge in [-0.1, -0.05) is 17.7 Å². The van der Waals surface area contributed by atoms with E-state index in [1.54, 1.807) is 39.0 Å². The van der Waals surface area contributed by atoms with Gasteiger partial charge in [-0.2, -0.15) is 0 Å². The molecule has 0 saturated carbocycles. The van der Waals surface area contributed by atoms with Crippen molar-refractivity contribution in [3.63, 3.8) is 0 Å². The SMILES string of the molecule is CC(C)(C)OC(=O)NCCCC(=O)NNC(=O)c1cccc(Cl)c1. The highest BCUT2D eigenvalue weighted by molar-refractivity contribution is 6.30. The lowest BCUT2D eigenvalue weighted by Gasteiger charge is -2.19. The Balaban J connectivity index is 2.20. The third kappa shape index (κ3) is 8.38. The molecule has 0 fully saturated rings. The number of carbonyl (C=O) groups excluding carboxylic acids is 3. The van der Waals surface area contributed by atoms with Crippen LogP contribution in [0.1, 0.15) is 44.0 Å². The van der Waals surface area contributed by atoms with Gasteiger partial charge >= 0.3 is 6.09 Å². The van der Waals surface area contributed by atoms with Crippen LogP contribution in [0.15, 0.2) is 24.3 Å². The molecule has 1 aromatic rings. The molecule has 0 heterocycles. The molecule has 3 amide bonds. The van der Waals surface area contributed by atoms with Crippen molar-refractivity contribution in [1.29, 1.82) is 0 Å². The van der Waals surface area contributed by atoms with E-state index in [0.717, 1.165) is 0 Å². The maximum atomic E-state index is 11.8. The number of hydrogen-bond donors (Lipinski definition) is 3. The maximum Gasteiger partial charge on any atom is 0.407 e. The van der Waals surface area contributed by atoms with E-state index in [2.05, 4.69) is 16.2 Å². The summed E-state index contributed by atoms with van der Waals surface area (Å²) in [5, 5.41) is 2.98. The van der Waals surface area contributed by atoms with E-state index in [1.807, 2.05) is 0 Å². The summed E-state index contributed by atoms with van der Waals surface area (Å²) in [7, 11) is 0. The van der Waals surface area contributed by atoms with Crippen LogP contribution in [-0.2, 0) is 9.53 Å². The summed E-state index contributed by atoms with van der Waals surface area (Å²) in [6.07, 6.45) is 0.0289. The van der Waals surface area contributed by atoms with E-state index in [1.165, 1.54) is 6.07 Å². The maximum absolute atomic E-state index is 11.8. The van der Waals surface area contributed by atoms with E-state index in [9.17, 15) is 14.4 Å². The fourth-order valence-electron chi connectivity index (χ4n) is 1.64. The van der Waals surface area contributed by atoms with Gasteiger partial charge in [0.1, 0.15) is 5.60 Å². The Morgan fingerprint density at radius 1 is 1.17 bits per heavy atom. The number of halogens is 1. The number of ether oxygens (including phenoxy) is 1. The van der Waals surface area contributed by atoms with Gasteiger partial charge in [0.2, 0.25) is 5.91 Å². The number of alkyl carbamates (subject to hydrolysis) is 1. The molecule has 24 heavy (non-hydrogen) atoms. The lowest BCUT2D eigenvalue weighted by atomic mass is 10.2. The van der Waals surface area contributed by atoms with Gasteiger partial charge in [-0.05, 0) is 45.4 Å². The van der Waals surface area contributed by atoms with E-state index >= 15 is 0 Å². The molecule has 0 aliphatic rings. The second-order valence-electron chi connectivity index (χ2n) is 6.04. The van der Waals surface area contributed by atoms with Crippen molar-refractivity contribution in [2.24, 2.45) is 0 Å². The second kappa shape index (κ2) is 9.12. The van der Waals surface area contributed by atoms with E-state index in [-0.39, 0.29) is 12.3 Å². The first-order valence-corrected chi connectivity index (χ1v) is 7.87. The van der Waals surface area contributed by atoms with Crippen molar-refractivity contribution in [2.45, 2.75) is 39.2 Å². The highest BCUT2D eigenvalue weighted by atomic mass is 35.5. The average Bonchev–Trinajstić information content (AvgIpc) is 2.47. The van der Waals surface area contributed by atoms with Crippen LogP contribution in [0.3, 0.4) is 0 Å². The minimum absolute atomic E-state index is 0.144. The zero-order valence-corrected chi connectivity index (χ0v) is 14.7. The highest BCUT2D eigenvalue weighted by Crippen LogP contribution is 2.10. The van der Waals surface area contributed by atoms with Crippen LogP contribution < -0.4 is 16.2 Å². The zero-order valence-electron chi connectivity index (χ0n) is 13.9. The fourth-order valence-corrected chi connectivity index (χ4v) is 1.83. The van der Waals surface area contributed by atoms with Crippen molar-refractivity contribution in [2.75, 3.05) is 6.54 Å². The lowest BCUT2D eigenvalue weighted by Crippen LogP contribution is -2.41. The van der Waals surface area contributed by atoms with Crippen molar-refractivity contribution in [3.8, 4) is 0 Å². The van der Waals surface area contributed by atoms with Crippen LogP contribution in [0.25, 0.3) is 0 Å². The largest absolute Gasteiger partial charge is 0.444 e. The van der Waals surface area contributed by atoms with Crippen LogP contribution in [-0.4, -0.2) is 30.1 Å². The lowest BCUT2D eigenvalue weighted by molar-refractivity contribution is -0.121. The molecule has 7 nitrogen and oxygen atoms in total. The molecule has 1 rings (SSSR count). The summed E-state index contributed by atoms with van der Waals surface area (Å²) < 4.78 is 5.06. The molecular weight excluding hydrogens is 334 g/mol. The van der Waals surface area contributed by atoms with Crippen molar-refractivity contribution in [3.05, 3.63) is 34.9 Å². The van der Waals surface area contributed by atoms with Gasteiger partial charge in [-0.3, -0.25) is 20.4 Å². The molecule has 0 aromatic heterocycles. The van der Waals surface area contributed by atoms with Gasteiger partial charge < -0.3 is 10.1 Å². The second-order valence-corrected chi connectivity index (χ2v) is 6.48. The Bertz CT molecular complexity index is 599. The van der Waals surface area contributed by atoms with Crippen LogP contribution >= 0.6 is 11.6 Å². The Morgan fingerprint density at radius 3 is 2.50 bits per heavy atom. The molecule has 0 atom stereocenters. The quantitative estimate of drug-likeness (QED) is 0.558. The third-order valence-electron chi connectivity index (χ3n) is 2.65.